The van der Waals surface area contributed by atoms with Crippen LogP contribution in [0.15, 0.2) is 42.7 Å². The van der Waals surface area contributed by atoms with Gasteiger partial charge in [-0.3, -0.25) is 4.98 Å². The lowest BCUT2D eigenvalue weighted by Crippen LogP contribution is -2.04. The van der Waals surface area contributed by atoms with Crippen LogP contribution in [0.2, 0.25) is 0 Å². The number of aryl methyl sites for hydroxylation is 2. The molecule has 2 heteroatoms. The zero-order valence-electron chi connectivity index (χ0n) is 10.9. The van der Waals surface area contributed by atoms with Crippen molar-refractivity contribution in [2.45, 2.75) is 32.8 Å². The molecule has 1 aromatic carbocycles. The van der Waals surface area contributed by atoms with E-state index in [1.165, 1.54) is 5.56 Å². The summed E-state index contributed by atoms with van der Waals surface area (Å²) in [6.07, 6.45) is 4.91. The Labute approximate surface area is 108 Å². The number of aromatic nitrogens is 1. The molecule has 0 bridgehead atoms. The van der Waals surface area contributed by atoms with Gasteiger partial charge in [-0.25, -0.2) is 0 Å². The molecule has 1 atom stereocenters. The van der Waals surface area contributed by atoms with Gasteiger partial charge in [0.1, 0.15) is 6.10 Å². The standard InChI is InChI=1S/C16H19NO/c1-3-12-5-7-14(8-6-12)16(18)15-9-10-17-11-13(15)4-2/h5-11,16,18H,3-4H2,1-2H3. The summed E-state index contributed by atoms with van der Waals surface area (Å²) in [4.78, 5) is 4.11. The Bertz CT molecular complexity index is 505. The summed E-state index contributed by atoms with van der Waals surface area (Å²) in [5.41, 5.74) is 4.28. The number of rotatable bonds is 4. The number of aliphatic hydroxyl groups is 1. The van der Waals surface area contributed by atoms with E-state index in [4.69, 9.17) is 0 Å². The van der Waals surface area contributed by atoms with E-state index in [2.05, 4.69) is 31.0 Å². The molecule has 2 aromatic rings. The fourth-order valence-corrected chi connectivity index (χ4v) is 2.12. The van der Waals surface area contributed by atoms with Crippen LogP contribution in [0.3, 0.4) is 0 Å². The van der Waals surface area contributed by atoms with Gasteiger partial charge in [0.15, 0.2) is 0 Å². The van der Waals surface area contributed by atoms with Crippen molar-refractivity contribution in [1.82, 2.24) is 4.98 Å². The molecule has 2 nitrogen and oxygen atoms in total. The van der Waals surface area contributed by atoms with Crippen LogP contribution < -0.4 is 0 Å². The molecular formula is C16H19NO. The Kier molecular flexibility index (Phi) is 4.11. The minimum atomic E-state index is -0.561. The third-order valence-electron chi connectivity index (χ3n) is 3.32. The summed E-state index contributed by atoms with van der Waals surface area (Å²) in [6.45, 7) is 4.21. The molecule has 0 spiro atoms. The Morgan fingerprint density at radius 1 is 1.06 bits per heavy atom. The molecule has 1 heterocycles. The van der Waals surface area contributed by atoms with Crippen LogP contribution in [0, 0.1) is 0 Å². The highest BCUT2D eigenvalue weighted by molar-refractivity contribution is 5.35. The van der Waals surface area contributed by atoms with Gasteiger partial charge in [0.2, 0.25) is 0 Å². The number of hydrogen-bond donors (Lipinski definition) is 1. The molecule has 0 saturated carbocycles. The number of hydrogen-bond acceptors (Lipinski definition) is 2. The van der Waals surface area contributed by atoms with Crippen molar-refractivity contribution in [3.63, 3.8) is 0 Å². The number of benzene rings is 1. The molecule has 2 rings (SSSR count). The lowest BCUT2D eigenvalue weighted by Gasteiger charge is -2.15. The van der Waals surface area contributed by atoms with E-state index in [0.717, 1.165) is 29.5 Å². The fraction of sp³-hybridized carbons (Fsp3) is 0.312. The maximum Gasteiger partial charge on any atom is 0.104 e. The van der Waals surface area contributed by atoms with E-state index in [-0.39, 0.29) is 0 Å². The zero-order chi connectivity index (χ0) is 13.0. The topological polar surface area (TPSA) is 33.1 Å². The molecule has 0 aliphatic rings. The SMILES string of the molecule is CCc1ccc(C(O)c2ccncc2CC)cc1. The summed E-state index contributed by atoms with van der Waals surface area (Å²) < 4.78 is 0. The monoisotopic (exact) mass is 241 g/mol. The Hall–Kier alpha value is -1.67. The average molecular weight is 241 g/mol. The molecule has 1 N–H and O–H groups in total. The van der Waals surface area contributed by atoms with Crippen LogP contribution in [-0.2, 0) is 12.8 Å². The first-order valence-corrected chi connectivity index (χ1v) is 6.46. The molecular weight excluding hydrogens is 222 g/mol. The van der Waals surface area contributed by atoms with Crippen molar-refractivity contribution in [2.75, 3.05) is 0 Å². The number of aliphatic hydroxyl groups excluding tert-OH is 1. The average Bonchev–Trinajstić information content (AvgIpc) is 2.46. The maximum absolute atomic E-state index is 10.4. The van der Waals surface area contributed by atoms with Crippen LogP contribution >= 0.6 is 0 Å². The van der Waals surface area contributed by atoms with Crippen LogP contribution in [0.5, 0.6) is 0 Å². The van der Waals surface area contributed by atoms with Crippen LogP contribution in [0.1, 0.15) is 42.2 Å². The molecule has 0 saturated heterocycles. The highest BCUT2D eigenvalue weighted by Gasteiger charge is 2.13. The van der Waals surface area contributed by atoms with Crippen molar-refractivity contribution in [3.8, 4) is 0 Å². The predicted octanol–water partition coefficient (Wildman–Crippen LogP) is 3.29. The van der Waals surface area contributed by atoms with Crippen molar-refractivity contribution in [3.05, 3.63) is 65.0 Å². The van der Waals surface area contributed by atoms with Crippen molar-refractivity contribution in [1.29, 1.82) is 0 Å². The van der Waals surface area contributed by atoms with Gasteiger partial charge in [0.25, 0.3) is 0 Å². The van der Waals surface area contributed by atoms with E-state index >= 15 is 0 Å². The Morgan fingerprint density at radius 2 is 1.78 bits per heavy atom. The molecule has 0 aliphatic carbocycles. The lowest BCUT2D eigenvalue weighted by molar-refractivity contribution is 0.219. The van der Waals surface area contributed by atoms with E-state index in [1.807, 2.05) is 24.4 Å². The largest absolute Gasteiger partial charge is 0.384 e. The summed E-state index contributed by atoms with van der Waals surface area (Å²) in [5, 5.41) is 10.4. The van der Waals surface area contributed by atoms with E-state index in [0.29, 0.717) is 0 Å². The molecule has 0 fully saturated rings. The lowest BCUT2D eigenvalue weighted by atomic mass is 9.96. The Morgan fingerprint density at radius 3 is 2.39 bits per heavy atom. The first kappa shape index (κ1) is 12.8. The predicted molar refractivity (Wildman–Crippen MR) is 73.5 cm³/mol. The van der Waals surface area contributed by atoms with Gasteiger partial charge in [-0.1, -0.05) is 38.1 Å². The third kappa shape index (κ3) is 2.59. The van der Waals surface area contributed by atoms with Crippen LogP contribution in [0.25, 0.3) is 0 Å². The smallest absolute Gasteiger partial charge is 0.104 e. The number of nitrogens with zero attached hydrogens (tertiary/aromatic N) is 1. The van der Waals surface area contributed by atoms with Gasteiger partial charge in [-0.15, -0.1) is 0 Å². The highest BCUT2D eigenvalue weighted by Crippen LogP contribution is 2.25. The summed E-state index contributed by atoms with van der Waals surface area (Å²) in [6, 6.07) is 10.1. The minimum Gasteiger partial charge on any atom is -0.384 e. The maximum atomic E-state index is 10.4. The van der Waals surface area contributed by atoms with E-state index in [9.17, 15) is 5.11 Å². The molecule has 0 radical (unpaired) electrons. The van der Waals surface area contributed by atoms with Gasteiger partial charge in [-0.2, -0.15) is 0 Å². The van der Waals surface area contributed by atoms with Gasteiger partial charge in [0, 0.05) is 12.4 Å². The van der Waals surface area contributed by atoms with Crippen molar-refractivity contribution >= 4 is 0 Å². The molecule has 18 heavy (non-hydrogen) atoms. The van der Waals surface area contributed by atoms with Crippen LogP contribution in [0.4, 0.5) is 0 Å². The number of pyridine rings is 1. The van der Waals surface area contributed by atoms with Gasteiger partial charge < -0.3 is 5.11 Å². The second-order valence-electron chi connectivity index (χ2n) is 4.43. The molecule has 0 aliphatic heterocycles. The minimum absolute atomic E-state index is 0.561. The van der Waals surface area contributed by atoms with Gasteiger partial charge >= 0.3 is 0 Å². The molecule has 0 amide bonds. The van der Waals surface area contributed by atoms with E-state index < -0.39 is 6.10 Å². The second-order valence-corrected chi connectivity index (χ2v) is 4.43. The third-order valence-corrected chi connectivity index (χ3v) is 3.32. The molecule has 1 aromatic heterocycles. The quantitative estimate of drug-likeness (QED) is 0.891. The first-order chi connectivity index (χ1) is 8.76. The summed E-state index contributed by atoms with van der Waals surface area (Å²) >= 11 is 0. The van der Waals surface area contributed by atoms with Gasteiger partial charge in [0.05, 0.1) is 0 Å². The first-order valence-electron chi connectivity index (χ1n) is 6.46. The molecule has 94 valence electrons. The van der Waals surface area contributed by atoms with Crippen molar-refractivity contribution in [2.24, 2.45) is 0 Å². The zero-order valence-corrected chi connectivity index (χ0v) is 10.9. The summed E-state index contributed by atoms with van der Waals surface area (Å²) in [5.74, 6) is 0. The highest BCUT2D eigenvalue weighted by atomic mass is 16.3. The van der Waals surface area contributed by atoms with Crippen molar-refractivity contribution < 1.29 is 5.11 Å². The fourth-order valence-electron chi connectivity index (χ4n) is 2.12. The van der Waals surface area contributed by atoms with Gasteiger partial charge in [-0.05, 0) is 41.2 Å². The van der Waals surface area contributed by atoms with Crippen LogP contribution in [-0.4, -0.2) is 10.1 Å². The summed E-state index contributed by atoms with van der Waals surface area (Å²) in [7, 11) is 0. The second kappa shape index (κ2) is 5.78. The normalized spacial score (nSPS) is 12.4. The van der Waals surface area contributed by atoms with E-state index in [1.54, 1.807) is 6.20 Å². The molecule has 1 unspecified atom stereocenters. The Balaban J connectivity index is 2.31.